The smallest absolute Gasteiger partial charge is 0.223 e. The number of aryl methyl sites for hydroxylation is 1. The lowest BCUT2D eigenvalue weighted by Crippen LogP contribution is -2.15. The monoisotopic (exact) mass is 241 g/mol. The molecule has 4 heteroatoms. The van der Waals surface area contributed by atoms with Crippen LogP contribution in [0.4, 0.5) is 5.95 Å². The van der Waals surface area contributed by atoms with Gasteiger partial charge in [-0.3, -0.25) is 0 Å². The number of hydrogen-bond donors (Lipinski definition) is 1. The van der Waals surface area contributed by atoms with Gasteiger partial charge in [-0.1, -0.05) is 20.8 Å². The van der Waals surface area contributed by atoms with E-state index in [4.69, 9.17) is 11.6 Å². The number of rotatable bonds is 5. The van der Waals surface area contributed by atoms with E-state index in [0.29, 0.717) is 18.4 Å². The molecule has 0 aliphatic carbocycles. The molecule has 1 atom stereocenters. The fourth-order valence-corrected chi connectivity index (χ4v) is 1.39. The molecule has 1 rings (SSSR count). The fourth-order valence-electron chi connectivity index (χ4n) is 1.31. The minimum atomic E-state index is 0.131. The van der Waals surface area contributed by atoms with Gasteiger partial charge in [-0.25, -0.2) is 9.97 Å². The predicted molar refractivity (Wildman–Crippen MR) is 69.3 cm³/mol. The van der Waals surface area contributed by atoms with Crippen molar-refractivity contribution >= 4 is 17.5 Å². The number of nitrogens with one attached hydrogen (secondary N) is 1. The molecule has 1 heterocycles. The van der Waals surface area contributed by atoms with Crippen LogP contribution in [-0.2, 0) is 0 Å². The van der Waals surface area contributed by atoms with Crippen LogP contribution in [0.5, 0.6) is 0 Å². The Hall–Kier alpha value is -0.830. The van der Waals surface area contributed by atoms with Crippen LogP contribution in [0.3, 0.4) is 0 Å². The molecule has 90 valence electrons. The molecule has 3 nitrogen and oxygen atoms in total. The minimum Gasteiger partial charge on any atom is -0.353 e. The molecule has 0 aliphatic rings. The van der Waals surface area contributed by atoms with E-state index in [1.165, 1.54) is 0 Å². The van der Waals surface area contributed by atoms with Gasteiger partial charge in [0.1, 0.15) is 0 Å². The lowest BCUT2D eigenvalue weighted by Gasteiger charge is -2.11. The molecule has 1 N–H and O–H groups in total. The summed E-state index contributed by atoms with van der Waals surface area (Å²) in [6.45, 7) is 9.01. The molecule has 1 aromatic heterocycles. The molecule has 0 saturated heterocycles. The van der Waals surface area contributed by atoms with Crippen LogP contribution >= 0.6 is 11.6 Å². The van der Waals surface area contributed by atoms with Gasteiger partial charge in [-0.2, -0.15) is 0 Å². The van der Waals surface area contributed by atoms with Crippen LogP contribution < -0.4 is 5.32 Å². The third-order valence-corrected chi connectivity index (χ3v) is 2.85. The maximum Gasteiger partial charge on any atom is 0.223 e. The average Bonchev–Trinajstić information content (AvgIpc) is 2.25. The molecular weight excluding hydrogens is 222 g/mol. The third-order valence-electron chi connectivity index (χ3n) is 2.39. The molecular formula is C12H20ClN3. The van der Waals surface area contributed by atoms with E-state index in [9.17, 15) is 0 Å². The average molecular weight is 242 g/mol. The first-order valence-electron chi connectivity index (χ1n) is 5.76. The summed E-state index contributed by atoms with van der Waals surface area (Å²) in [5, 5.41) is 3.31. The van der Waals surface area contributed by atoms with Crippen LogP contribution in [0, 0.1) is 6.92 Å². The number of nitrogens with zero attached hydrogens (tertiary/aromatic N) is 2. The van der Waals surface area contributed by atoms with Crippen LogP contribution in [0.1, 0.15) is 44.5 Å². The van der Waals surface area contributed by atoms with E-state index >= 15 is 0 Å². The van der Waals surface area contributed by atoms with E-state index in [-0.39, 0.29) is 5.38 Å². The Morgan fingerprint density at radius 1 is 1.38 bits per heavy atom. The zero-order chi connectivity index (χ0) is 12.1. The maximum atomic E-state index is 6.04. The molecule has 1 unspecified atom stereocenters. The summed E-state index contributed by atoms with van der Waals surface area (Å²) in [5.74, 6) is 1.10. The molecule has 0 radical (unpaired) electrons. The fraction of sp³-hybridized carbons (Fsp3) is 0.667. The van der Waals surface area contributed by atoms with Crippen molar-refractivity contribution in [3.8, 4) is 0 Å². The molecule has 0 fully saturated rings. The van der Waals surface area contributed by atoms with E-state index in [0.717, 1.165) is 17.8 Å². The van der Waals surface area contributed by atoms with Crippen LogP contribution in [0.25, 0.3) is 0 Å². The second-order valence-electron chi connectivity index (χ2n) is 4.30. The molecule has 16 heavy (non-hydrogen) atoms. The van der Waals surface area contributed by atoms with Gasteiger partial charge in [-0.15, -0.1) is 11.6 Å². The highest BCUT2D eigenvalue weighted by atomic mass is 35.5. The molecule has 0 aromatic carbocycles. The number of aromatic nitrogens is 2. The quantitative estimate of drug-likeness (QED) is 0.804. The minimum absolute atomic E-state index is 0.131. The summed E-state index contributed by atoms with van der Waals surface area (Å²) >= 11 is 6.04. The summed E-state index contributed by atoms with van der Waals surface area (Å²) in [7, 11) is 0. The van der Waals surface area contributed by atoms with Crippen molar-refractivity contribution < 1.29 is 0 Å². The highest BCUT2D eigenvalue weighted by Crippen LogP contribution is 2.14. The standard InChI is InChI=1S/C12H20ClN3/c1-5-10(13)7-14-12-15-9(4)6-11(16-12)8(2)3/h6,8,10H,5,7H2,1-4H3,(H,14,15,16). The van der Waals surface area contributed by atoms with Crippen molar-refractivity contribution in [2.75, 3.05) is 11.9 Å². The van der Waals surface area contributed by atoms with Crippen LogP contribution in [-0.4, -0.2) is 21.9 Å². The first-order valence-corrected chi connectivity index (χ1v) is 6.20. The van der Waals surface area contributed by atoms with Crippen molar-refractivity contribution in [1.82, 2.24) is 9.97 Å². The zero-order valence-corrected chi connectivity index (χ0v) is 11.2. The van der Waals surface area contributed by atoms with Gasteiger partial charge in [0, 0.05) is 17.9 Å². The van der Waals surface area contributed by atoms with Crippen molar-refractivity contribution in [3.05, 3.63) is 17.5 Å². The molecule has 0 aliphatic heterocycles. The Labute approximate surface area is 103 Å². The van der Waals surface area contributed by atoms with Crippen molar-refractivity contribution in [2.45, 2.75) is 45.4 Å². The topological polar surface area (TPSA) is 37.8 Å². The van der Waals surface area contributed by atoms with Gasteiger partial charge in [0.05, 0.1) is 5.38 Å². The number of anilines is 1. The summed E-state index contributed by atoms with van der Waals surface area (Å²) in [6.07, 6.45) is 0.942. The Morgan fingerprint density at radius 2 is 2.06 bits per heavy atom. The highest BCUT2D eigenvalue weighted by molar-refractivity contribution is 6.20. The molecule has 1 aromatic rings. The Bertz CT molecular complexity index is 339. The van der Waals surface area contributed by atoms with E-state index in [2.05, 4.69) is 36.1 Å². The van der Waals surface area contributed by atoms with Gasteiger partial charge >= 0.3 is 0 Å². The van der Waals surface area contributed by atoms with E-state index in [1.54, 1.807) is 0 Å². The largest absolute Gasteiger partial charge is 0.353 e. The normalized spacial score (nSPS) is 12.9. The van der Waals surface area contributed by atoms with Gasteiger partial charge < -0.3 is 5.32 Å². The SMILES string of the molecule is CCC(Cl)CNc1nc(C)cc(C(C)C)n1. The second-order valence-corrected chi connectivity index (χ2v) is 4.92. The van der Waals surface area contributed by atoms with Crippen LogP contribution in [0.15, 0.2) is 6.07 Å². The van der Waals surface area contributed by atoms with Gasteiger partial charge in [-0.05, 0) is 25.3 Å². The van der Waals surface area contributed by atoms with E-state index < -0.39 is 0 Å². The first kappa shape index (κ1) is 13.2. The van der Waals surface area contributed by atoms with Crippen LogP contribution in [0.2, 0.25) is 0 Å². The first-order chi connectivity index (χ1) is 7.52. The Kier molecular flexibility index (Phi) is 5.00. The van der Waals surface area contributed by atoms with Gasteiger partial charge in [0.15, 0.2) is 0 Å². The Morgan fingerprint density at radius 3 is 2.62 bits per heavy atom. The summed E-state index contributed by atoms with van der Waals surface area (Å²) in [4.78, 5) is 8.80. The third kappa shape index (κ3) is 3.97. The predicted octanol–water partition coefficient (Wildman–Crippen LogP) is 3.34. The molecule has 0 spiro atoms. The molecule has 0 amide bonds. The van der Waals surface area contributed by atoms with Gasteiger partial charge in [0.25, 0.3) is 0 Å². The molecule has 0 bridgehead atoms. The van der Waals surface area contributed by atoms with E-state index in [1.807, 2.05) is 13.0 Å². The highest BCUT2D eigenvalue weighted by Gasteiger charge is 2.07. The summed E-state index contributed by atoms with van der Waals surface area (Å²) in [5.41, 5.74) is 2.06. The summed E-state index contributed by atoms with van der Waals surface area (Å²) in [6, 6.07) is 2.02. The van der Waals surface area contributed by atoms with Crippen molar-refractivity contribution in [1.29, 1.82) is 0 Å². The lowest BCUT2D eigenvalue weighted by molar-refractivity contribution is 0.797. The van der Waals surface area contributed by atoms with Crippen molar-refractivity contribution in [3.63, 3.8) is 0 Å². The Balaban J connectivity index is 2.72. The van der Waals surface area contributed by atoms with Crippen molar-refractivity contribution in [2.24, 2.45) is 0 Å². The maximum absolute atomic E-state index is 6.04. The number of alkyl halides is 1. The summed E-state index contributed by atoms with van der Waals surface area (Å²) < 4.78 is 0. The zero-order valence-electron chi connectivity index (χ0n) is 10.4. The second kappa shape index (κ2) is 6.04. The number of hydrogen-bond acceptors (Lipinski definition) is 3. The lowest BCUT2D eigenvalue weighted by atomic mass is 10.1. The molecule has 0 saturated carbocycles. The number of halogens is 1. The van der Waals surface area contributed by atoms with Gasteiger partial charge in [0.2, 0.25) is 5.95 Å².